The molecule has 0 bridgehead atoms. The third-order valence-corrected chi connectivity index (χ3v) is 8.69. The van der Waals surface area contributed by atoms with Crippen molar-refractivity contribution < 1.29 is 23.8 Å². The summed E-state index contributed by atoms with van der Waals surface area (Å²) in [5, 5.41) is 6.11. The molecule has 3 aromatic rings. The maximum Gasteiger partial charge on any atom is 0.335 e. The van der Waals surface area contributed by atoms with Gasteiger partial charge >= 0.3 is 7.60 Å². The monoisotopic (exact) mass is 511 g/mol. The Morgan fingerprint density at radius 3 is 2.41 bits per heavy atom. The molecule has 0 aliphatic rings. The molecule has 3 rings (SSSR count). The van der Waals surface area contributed by atoms with E-state index in [0.717, 1.165) is 0 Å². The quantitative estimate of drug-likeness (QED) is 0.0870. The van der Waals surface area contributed by atoms with Crippen LogP contribution in [0.5, 0.6) is 0 Å². The van der Waals surface area contributed by atoms with Crippen LogP contribution in [0.4, 0.5) is 17.5 Å². The smallest absolute Gasteiger partial charge is 0.335 e. The Hall–Kier alpha value is -3.02. The molecule has 0 saturated heterocycles. The molecule has 0 aliphatic heterocycles. The van der Waals surface area contributed by atoms with E-state index in [4.69, 9.17) is 21.3 Å². The second-order valence-electron chi connectivity index (χ2n) is 7.73. The Morgan fingerprint density at radius 1 is 1.15 bits per heavy atom. The van der Waals surface area contributed by atoms with E-state index in [9.17, 15) is 14.0 Å². The van der Waals surface area contributed by atoms with Crippen LogP contribution < -0.4 is 27.4 Å². The highest BCUT2D eigenvalue weighted by molar-refractivity contribution is 7.77. The van der Waals surface area contributed by atoms with Gasteiger partial charge in [-0.05, 0) is 38.1 Å². The van der Waals surface area contributed by atoms with E-state index in [1.807, 2.05) is 18.4 Å². The SMILES string of the molecule is CC(C)n1cnc2c(Nc3ccc(P(=O)(O)CP(=O)(O)O)cc3)nc(NCCN=C(N)N)nc21. The lowest BCUT2D eigenvalue weighted by Crippen LogP contribution is -2.24. The summed E-state index contributed by atoms with van der Waals surface area (Å²) in [6.45, 7) is 4.70. The minimum absolute atomic E-state index is 0.0184. The van der Waals surface area contributed by atoms with Crippen molar-refractivity contribution in [1.82, 2.24) is 19.5 Å². The van der Waals surface area contributed by atoms with Crippen LogP contribution in [0.2, 0.25) is 0 Å². The Labute approximate surface area is 195 Å². The number of nitrogens with two attached hydrogens (primary N) is 2. The normalized spacial score (nSPS) is 13.6. The summed E-state index contributed by atoms with van der Waals surface area (Å²) in [5.41, 5.74) is 12.3. The van der Waals surface area contributed by atoms with Gasteiger partial charge in [0.15, 0.2) is 22.9 Å². The number of aromatic nitrogens is 4. The van der Waals surface area contributed by atoms with Crippen LogP contribution in [0, 0.1) is 0 Å². The summed E-state index contributed by atoms with van der Waals surface area (Å²) in [4.78, 5) is 45.5. The average Bonchev–Trinajstić information content (AvgIpc) is 3.14. The third-order valence-electron chi connectivity index (χ3n) is 4.58. The number of nitrogens with one attached hydrogen (secondary N) is 2. The van der Waals surface area contributed by atoms with E-state index in [-0.39, 0.29) is 17.3 Å². The molecular formula is C18H27N9O5P2. The molecule has 0 aliphatic carbocycles. The first kappa shape index (κ1) is 25.6. The summed E-state index contributed by atoms with van der Waals surface area (Å²) in [6, 6.07) is 5.78. The molecule has 9 N–H and O–H groups in total. The molecule has 0 amide bonds. The van der Waals surface area contributed by atoms with Gasteiger partial charge in [0, 0.05) is 23.6 Å². The number of nitrogens with zero attached hydrogens (tertiary/aromatic N) is 5. The summed E-state index contributed by atoms with van der Waals surface area (Å²) in [7, 11) is -8.88. The number of guanidine groups is 1. The van der Waals surface area contributed by atoms with Gasteiger partial charge in [-0.1, -0.05) is 0 Å². The molecule has 0 saturated carbocycles. The number of aliphatic imine (C=N–C) groups is 1. The first-order chi connectivity index (χ1) is 15.9. The molecule has 0 fully saturated rings. The van der Waals surface area contributed by atoms with Crippen molar-refractivity contribution in [3.05, 3.63) is 30.6 Å². The molecule has 1 unspecified atom stereocenters. The standard InChI is InChI=1S/C18H27N9O5P2/c1-11(2)27-9-23-14-15(25-18(26-16(14)27)22-8-7-21-17(19)20)24-12-3-5-13(6-4-12)33(28,29)10-34(30,31)32/h3-6,9,11H,7-8,10H2,1-2H3,(H,28,29)(H4,19,20,21)(H2,30,31,32)(H2,22,24,25,26). The second kappa shape index (κ2) is 10.1. The van der Waals surface area contributed by atoms with Gasteiger partial charge in [-0.3, -0.25) is 14.1 Å². The first-order valence-electron chi connectivity index (χ1n) is 10.1. The molecule has 0 radical (unpaired) electrons. The predicted octanol–water partition coefficient (Wildman–Crippen LogP) is 0.867. The minimum atomic E-state index is -4.66. The van der Waals surface area contributed by atoms with Gasteiger partial charge in [0.2, 0.25) is 13.3 Å². The van der Waals surface area contributed by atoms with Gasteiger partial charge < -0.3 is 41.3 Å². The van der Waals surface area contributed by atoms with Crippen molar-refractivity contribution in [3.63, 3.8) is 0 Å². The first-order valence-corrected chi connectivity index (χ1v) is 13.8. The Kier molecular flexibility index (Phi) is 7.59. The van der Waals surface area contributed by atoms with Crippen LogP contribution in [0.25, 0.3) is 11.2 Å². The van der Waals surface area contributed by atoms with Crippen molar-refractivity contribution in [1.29, 1.82) is 0 Å². The van der Waals surface area contributed by atoms with E-state index in [0.29, 0.717) is 41.7 Å². The number of hydrogen-bond donors (Lipinski definition) is 7. The topological polar surface area (TPSA) is 227 Å². The molecule has 34 heavy (non-hydrogen) atoms. The van der Waals surface area contributed by atoms with Crippen molar-refractivity contribution in [3.8, 4) is 0 Å². The minimum Gasteiger partial charge on any atom is -0.370 e. The van der Waals surface area contributed by atoms with Gasteiger partial charge in [0.1, 0.15) is 5.90 Å². The van der Waals surface area contributed by atoms with E-state index in [2.05, 4.69) is 30.6 Å². The van der Waals surface area contributed by atoms with E-state index in [1.165, 1.54) is 24.3 Å². The van der Waals surface area contributed by atoms with Crippen molar-refractivity contribution in [2.45, 2.75) is 19.9 Å². The zero-order valence-electron chi connectivity index (χ0n) is 18.5. The number of anilines is 3. The van der Waals surface area contributed by atoms with Crippen molar-refractivity contribution in [2.75, 3.05) is 29.6 Å². The fraction of sp³-hybridized carbons (Fsp3) is 0.333. The van der Waals surface area contributed by atoms with Crippen LogP contribution in [-0.2, 0) is 9.13 Å². The van der Waals surface area contributed by atoms with Crippen LogP contribution in [0.15, 0.2) is 35.6 Å². The molecule has 2 aromatic heterocycles. The molecular weight excluding hydrogens is 484 g/mol. The Bertz CT molecular complexity index is 1280. The van der Waals surface area contributed by atoms with Gasteiger partial charge in [-0.15, -0.1) is 0 Å². The Morgan fingerprint density at radius 2 is 1.82 bits per heavy atom. The van der Waals surface area contributed by atoms with Crippen LogP contribution in [0.3, 0.4) is 0 Å². The molecule has 1 aromatic carbocycles. The molecule has 184 valence electrons. The van der Waals surface area contributed by atoms with Crippen molar-refractivity contribution >= 4 is 54.8 Å². The zero-order chi connectivity index (χ0) is 25.1. The second-order valence-corrected chi connectivity index (χ2v) is 12.1. The van der Waals surface area contributed by atoms with Crippen LogP contribution in [-0.4, -0.2) is 59.2 Å². The lowest BCUT2D eigenvalue weighted by molar-refractivity contribution is 0.376. The highest BCUT2D eigenvalue weighted by Gasteiger charge is 2.31. The summed E-state index contributed by atoms with van der Waals surface area (Å²) < 4.78 is 25.4. The number of benzene rings is 1. The maximum absolute atomic E-state index is 12.3. The van der Waals surface area contributed by atoms with Gasteiger partial charge in [-0.25, -0.2) is 4.98 Å². The lowest BCUT2D eigenvalue weighted by atomic mass is 10.3. The van der Waals surface area contributed by atoms with Crippen molar-refractivity contribution in [2.24, 2.45) is 16.5 Å². The third kappa shape index (κ3) is 6.52. The fourth-order valence-corrected chi connectivity index (χ4v) is 6.32. The highest BCUT2D eigenvalue weighted by atomic mass is 31.2. The number of fused-ring (bicyclic) bond motifs is 1. The van der Waals surface area contributed by atoms with E-state index in [1.54, 1.807) is 6.33 Å². The number of rotatable bonds is 10. The Balaban J connectivity index is 1.90. The van der Waals surface area contributed by atoms with Gasteiger partial charge in [0.05, 0.1) is 12.9 Å². The summed E-state index contributed by atoms with van der Waals surface area (Å²) in [6.07, 6.45) is 1.66. The molecule has 16 heteroatoms. The fourth-order valence-electron chi connectivity index (χ4n) is 3.06. The largest absolute Gasteiger partial charge is 0.370 e. The zero-order valence-corrected chi connectivity index (χ0v) is 20.3. The average molecular weight is 511 g/mol. The molecule has 2 heterocycles. The molecule has 1 atom stereocenters. The van der Waals surface area contributed by atoms with Gasteiger partial charge in [-0.2, -0.15) is 9.97 Å². The van der Waals surface area contributed by atoms with Crippen LogP contribution >= 0.6 is 15.0 Å². The summed E-state index contributed by atoms with van der Waals surface area (Å²) in [5.74, 6) is -0.429. The number of imidazole rings is 1. The number of hydrogen-bond acceptors (Lipinski definition) is 8. The summed E-state index contributed by atoms with van der Waals surface area (Å²) >= 11 is 0. The maximum atomic E-state index is 12.3. The van der Waals surface area contributed by atoms with Gasteiger partial charge in [0.25, 0.3) is 0 Å². The van der Waals surface area contributed by atoms with E-state index < -0.39 is 20.9 Å². The van der Waals surface area contributed by atoms with Crippen LogP contribution in [0.1, 0.15) is 19.9 Å². The van der Waals surface area contributed by atoms with E-state index >= 15 is 0 Å². The molecule has 0 spiro atoms. The highest BCUT2D eigenvalue weighted by Crippen LogP contribution is 2.53. The predicted molar refractivity (Wildman–Crippen MR) is 131 cm³/mol. The lowest BCUT2D eigenvalue weighted by Gasteiger charge is -2.14. The molecule has 14 nitrogen and oxygen atoms in total.